The summed E-state index contributed by atoms with van der Waals surface area (Å²) in [5.74, 6) is 0. The molecular formula is C14H20BF3IKN2. The van der Waals surface area contributed by atoms with Crippen molar-refractivity contribution < 1.29 is 64.3 Å². The summed E-state index contributed by atoms with van der Waals surface area (Å²) < 4.78 is 39.8. The monoisotopic (exact) mass is 450 g/mol. The van der Waals surface area contributed by atoms with Crippen LogP contribution < -0.4 is 61.6 Å². The van der Waals surface area contributed by atoms with Crippen LogP contribution in [0.1, 0.15) is 22.3 Å². The first-order valence-corrected chi connectivity index (χ1v) is 8.25. The molecule has 0 atom stereocenters. The molecular weight excluding hydrogens is 430 g/mol. The molecule has 1 aromatic rings. The molecule has 1 N–H and O–H groups in total. The Balaban J connectivity index is 0.00000242. The van der Waals surface area contributed by atoms with E-state index in [0.29, 0.717) is 5.56 Å². The number of piperazine rings is 1. The van der Waals surface area contributed by atoms with Gasteiger partial charge >= 0.3 is 58.4 Å². The molecule has 22 heavy (non-hydrogen) atoms. The van der Waals surface area contributed by atoms with Crippen molar-refractivity contribution in [3.8, 4) is 0 Å². The molecule has 0 aromatic heterocycles. The third kappa shape index (κ3) is 4.86. The number of hydrogen-bond donors (Lipinski definition) is 1. The third-order valence-corrected chi connectivity index (χ3v) is 5.76. The molecule has 0 bridgehead atoms. The topological polar surface area (TPSA) is 15.3 Å². The predicted molar refractivity (Wildman–Crippen MR) is 91.2 cm³/mol. The van der Waals surface area contributed by atoms with Crippen LogP contribution in [-0.2, 0) is 6.32 Å². The zero-order chi connectivity index (χ0) is 15.8. The van der Waals surface area contributed by atoms with E-state index in [2.05, 4.69) is 32.8 Å². The first kappa shape index (κ1) is 21.2. The van der Waals surface area contributed by atoms with E-state index in [-0.39, 0.29) is 51.4 Å². The van der Waals surface area contributed by atoms with Crippen LogP contribution in [0.5, 0.6) is 0 Å². The molecule has 0 unspecified atom stereocenters. The fourth-order valence-corrected chi connectivity index (χ4v) is 3.70. The van der Waals surface area contributed by atoms with E-state index in [4.69, 9.17) is 0 Å². The van der Waals surface area contributed by atoms with Gasteiger partial charge in [0.15, 0.2) is 0 Å². The first-order chi connectivity index (χ1) is 9.72. The van der Waals surface area contributed by atoms with Crippen LogP contribution in [0.3, 0.4) is 0 Å². The summed E-state index contributed by atoms with van der Waals surface area (Å²) in [5.41, 5.74) is 4.15. The maximum Gasteiger partial charge on any atom is 1.00 e. The average molecular weight is 450 g/mol. The van der Waals surface area contributed by atoms with Crippen LogP contribution in [0, 0.1) is 24.3 Å². The van der Waals surface area contributed by atoms with Crippen molar-refractivity contribution >= 4 is 35.3 Å². The number of nitrogens with one attached hydrogen (secondary N) is 1. The molecule has 1 heterocycles. The van der Waals surface area contributed by atoms with Crippen LogP contribution in [-0.4, -0.2) is 33.2 Å². The van der Waals surface area contributed by atoms with Gasteiger partial charge in [0, 0.05) is 35.4 Å². The van der Waals surface area contributed by atoms with E-state index < -0.39 is 13.3 Å². The summed E-state index contributed by atoms with van der Waals surface area (Å²) in [6.45, 7) is 4.28. The summed E-state index contributed by atoms with van der Waals surface area (Å²) in [4.78, 5) is 2.22. The van der Waals surface area contributed by atoms with Gasteiger partial charge in [0.05, 0.1) is 0 Å². The summed E-state index contributed by atoms with van der Waals surface area (Å²) in [5, 5.41) is 3.28. The van der Waals surface area contributed by atoms with E-state index in [0.717, 1.165) is 52.1 Å². The van der Waals surface area contributed by atoms with Gasteiger partial charge in [-0.25, -0.2) is 0 Å². The minimum Gasteiger partial charge on any atom is -0.449 e. The van der Waals surface area contributed by atoms with Gasteiger partial charge in [-0.05, 0) is 60.1 Å². The minimum absolute atomic E-state index is 0. The summed E-state index contributed by atoms with van der Waals surface area (Å²) in [6, 6.07) is 0. The van der Waals surface area contributed by atoms with Crippen molar-refractivity contribution in [2.45, 2.75) is 27.1 Å². The normalized spacial score (nSPS) is 15.7. The smallest absolute Gasteiger partial charge is 0.449 e. The fourth-order valence-electron chi connectivity index (χ4n) is 3.12. The molecule has 0 spiro atoms. The quantitative estimate of drug-likeness (QED) is 0.535. The van der Waals surface area contributed by atoms with Crippen LogP contribution in [0.4, 0.5) is 18.6 Å². The Morgan fingerprint density at radius 3 is 2.09 bits per heavy atom. The van der Waals surface area contributed by atoms with Gasteiger partial charge < -0.3 is 23.2 Å². The van der Waals surface area contributed by atoms with Crippen molar-refractivity contribution in [1.29, 1.82) is 0 Å². The molecule has 2 nitrogen and oxygen atoms in total. The molecule has 1 aliphatic heterocycles. The second-order valence-electron chi connectivity index (χ2n) is 5.67. The van der Waals surface area contributed by atoms with Crippen LogP contribution in [0.15, 0.2) is 0 Å². The number of hydrogen-bond acceptors (Lipinski definition) is 2. The molecule has 2 rings (SSSR count). The molecule has 0 amide bonds. The van der Waals surface area contributed by atoms with E-state index >= 15 is 0 Å². The van der Waals surface area contributed by atoms with E-state index in [9.17, 15) is 12.9 Å². The Labute approximate surface area is 186 Å². The summed E-state index contributed by atoms with van der Waals surface area (Å²) in [6.07, 6.45) is -0.785. The Hall–Kier alpha value is 1.20. The maximum atomic E-state index is 12.9. The predicted octanol–water partition coefficient (Wildman–Crippen LogP) is 0.559. The van der Waals surface area contributed by atoms with Crippen LogP contribution >= 0.6 is 22.6 Å². The van der Waals surface area contributed by atoms with E-state index in [1.165, 1.54) is 0 Å². The van der Waals surface area contributed by atoms with Gasteiger partial charge in [0.25, 0.3) is 0 Å². The molecule has 1 saturated heterocycles. The largest absolute Gasteiger partial charge is 1.00 e. The third-order valence-electron chi connectivity index (χ3n) is 4.14. The molecule has 1 aliphatic rings. The van der Waals surface area contributed by atoms with Gasteiger partial charge in [-0.3, -0.25) is 0 Å². The number of rotatable bonds is 3. The minimum atomic E-state index is -4.82. The van der Waals surface area contributed by atoms with Gasteiger partial charge in [-0.1, -0.05) is 11.9 Å². The van der Waals surface area contributed by atoms with E-state index in [1.54, 1.807) is 6.92 Å². The first-order valence-electron chi connectivity index (χ1n) is 7.17. The molecule has 1 aromatic carbocycles. The maximum absolute atomic E-state index is 12.9. The number of halogens is 4. The zero-order valence-electron chi connectivity index (χ0n) is 13.6. The zero-order valence-corrected chi connectivity index (χ0v) is 18.9. The number of anilines is 1. The Morgan fingerprint density at radius 2 is 1.59 bits per heavy atom. The van der Waals surface area contributed by atoms with Gasteiger partial charge in [-0.15, -0.1) is 0 Å². The van der Waals surface area contributed by atoms with Crippen molar-refractivity contribution in [1.82, 2.24) is 5.32 Å². The average Bonchev–Trinajstić information content (AvgIpc) is 2.42. The van der Waals surface area contributed by atoms with Gasteiger partial charge in [0.2, 0.25) is 0 Å². The molecule has 0 radical (unpaired) electrons. The van der Waals surface area contributed by atoms with Crippen molar-refractivity contribution in [3.05, 3.63) is 25.8 Å². The molecule has 8 heteroatoms. The Morgan fingerprint density at radius 1 is 1.05 bits per heavy atom. The standard InChI is InChI=1S/C14H20BF3IN2.K/c1-9-12(8-15(16,17)18)10(2)14(11(3)13(9)19)21-6-4-20-5-7-21;/h20H,4-8H2,1-3H3;/q-1;+1. The van der Waals surface area contributed by atoms with E-state index in [1.807, 2.05) is 13.8 Å². The second-order valence-corrected chi connectivity index (χ2v) is 6.75. The van der Waals surface area contributed by atoms with Crippen molar-refractivity contribution in [2.75, 3.05) is 31.1 Å². The fraction of sp³-hybridized carbons (Fsp3) is 0.571. The Bertz CT molecular complexity index is 546. The SMILES string of the molecule is Cc1c(I)c(C)c(N2CCNCC2)c(C)c1C[B-](F)(F)F.[K+]. The van der Waals surface area contributed by atoms with Gasteiger partial charge in [-0.2, -0.15) is 0 Å². The second kappa shape index (κ2) is 8.53. The van der Waals surface area contributed by atoms with Crippen LogP contribution in [0.25, 0.3) is 0 Å². The molecule has 0 aliphatic carbocycles. The van der Waals surface area contributed by atoms with Gasteiger partial charge in [0.1, 0.15) is 0 Å². The summed E-state index contributed by atoms with van der Waals surface area (Å²) in [7, 11) is 0. The van der Waals surface area contributed by atoms with Crippen LogP contribution in [0.2, 0.25) is 0 Å². The summed E-state index contributed by atoms with van der Waals surface area (Å²) >= 11 is 2.18. The Kier molecular flexibility index (Phi) is 8.24. The molecule has 1 fully saturated rings. The number of nitrogens with zero attached hydrogens (tertiary/aromatic N) is 1. The molecule has 118 valence electrons. The number of benzene rings is 1. The molecule has 0 saturated carbocycles. The van der Waals surface area contributed by atoms with Crippen molar-refractivity contribution in [2.24, 2.45) is 0 Å². The van der Waals surface area contributed by atoms with Crippen molar-refractivity contribution in [3.63, 3.8) is 0 Å².